The number of piperazine rings is 1. The van der Waals surface area contributed by atoms with Crippen molar-refractivity contribution < 1.29 is 9.59 Å². The van der Waals surface area contributed by atoms with Crippen molar-refractivity contribution in [2.75, 3.05) is 19.6 Å². The molecule has 0 bridgehead atoms. The van der Waals surface area contributed by atoms with E-state index in [2.05, 4.69) is 0 Å². The molecule has 0 aromatic heterocycles. The number of amides is 2. The van der Waals surface area contributed by atoms with Crippen LogP contribution in [0.4, 0.5) is 0 Å². The summed E-state index contributed by atoms with van der Waals surface area (Å²) >= 11 is 0. The number of hydrogen-bond acceptors (Lipinski definition) is 2. The second-order valence-corrected chi connectivity index (χ2v) is 6.19. The van der Waals surface area contributed by atoms with Crippen LogP contribution in [0.5, 0.6) is 0 Å². The van der Waals surface area contributed by atoms with E-state index in [-0.39, 0.29) is 23.9 Å². The van der Waals surface area contributed by atoms with Gasteiger partial charge in [0.05, 0.1) is 13.0 Å². The number of nitrogens with zero attached hydrogens (tertiary/aromatic N) is 2. The van der Waals surface area contributed by atoms with Gasteiger partial charge in [-0.3, -0.25) is 9.59 Å². The maximum absolute atomic E-state index is 12.2. The lowest BCUT2D eigenvalue weighted by atomic mass is 10.0. The van der Waals surface area contributed by atoms with Gasteiger partial charge in [-0.05, 0) is 26.3 Å². The van der Waals surface area contributed by atoms with Gasteiger partial charge in [0.15, 0.2) is 0 Å². The molecule has 4 nitrogen and oxygen atoms in total. The molecule has 0 spiro atoms. The molecule has 4 heteroatoms. The van der Waals surface area contributed by atoms with E-state index in [1.54, 1.807) is 4.90 Å². The Labute approximate surface area is 120 Å². The molecule has 0 saturated carbocycles. The Hall–Kier alpha value is -1.84. The van der Waals surface area contributed by atoms with Gasteiger partial charge in [-0.25, -0.2) is 0 Å². The quantitative estimate of drug-likeness (QED) is 0.823. The standard InChI is InChI=1S/C16H22N2O2/c1-16(2,3)18-10-9-17(12-15(18)20)14(19)11-13-7-5-4-6-8-13/h4-8H,9-12H2,1-3H3. The highest BCUT2D eigenvalue weighted by Gasteiger charge is 2.33. The van der Waals surface area contributed by atoms with Crippen LogP contribution in [-0.4, -0.2) is 46.8 Å². The molecule has 1 aromatic rings. The SMILES string of the molecule is CC(C)(C)N1CCN(C(=O)Cc2ccccc2)CC1=O. The van der Waals surface area contributed by atoms with E-state index in [9.17, 15) is 9.59 Å². The fourth-order valence-electron chi connectivity index (χ4n) is 2.48. The molecule has 1 aliphatic heterocycles. The van der Waals surface area contributed by atoms with Gasteiger partial charge in [0.2, 0.25) is 11.8 Å². The predicted octanol–water partition coefficient (Wildman–Crippen LogP) is 1.70. The summed E-state index contributed by atoms with van der Waals surface area (Å²) in [5, 5.41) is 0. The highest BCUT2D eigenvalue weighted by molar-refractivity contribution is 5.87. The van der Waals surface area contributed by atoms with Crippen LogP contribution >= 0.6 is 0 Å². The lowest BCUT2D eigenvalue weighted by molar-refractivity contribution is -0.148. The Morgan fingerprint density at radius 1 is 1.15 bits per heavy atom. The molecule has 0 unspecified atom stereocenters. The molecular formula is C16H22N2O2. The minimum Gasteiger partial charge on any atom is -0.335 e. The minimum atomic E-state index is -0.175. The number of carbonyl (C=O) groups is 2. The molecule has 2 amide bonds. The number of rotatable bonds is 2. The summed E-state index contributed by atoms with van der Waals surface area (Å²) in [4.78, 5) is 27.9. The molecule has 20 heavy (non-hydrogen) atoms. The Kier molecular flexibility index (Phi) is 4.12. The fourth-order valence-corrected chi connectivity index (χ4v) is 2.48. The lowest BCUT2D eigenvalue weighted by Gasteiger charge is -2.42. The summed E-state index contributed by atoms with van der Waals surface area (Å²) in [6, 6.07) is 9.65. The van der Waals surface area contributed by atoms with E-state index in [1.165, 1.54) is 0 Å². The third kappa shape index (κ3) is 3.38. The van der Waals surface area contributed by atoms with Gasteiger partial charge < -0.3 is 9.80 Å². The molecule has 0 radical (unpaired) electrons. The molecular weight excluding hydrogens is 252 g/mol. The van der Waals surface area contributed by atoms with Gasteiger partial charge in [0, 0.05) is 18.6 Å². The maximum atomic E-state index is 12.2. The molecule has 1 heterocycles. The van der Waals surface area contributed by atoms with Crippen LogP contribution in [0, 0.1) is 0 Å². The normalized spacial score (nSPS) is 16.4. The average Bonchev–Trinajstić information content (AvgIpc) is 2.38. The van der Waals surface area contributed by atoms with Crippen LogP contribution in [0.3, 0.4) is 0 Å². The van der Waals surface area contributed by atoms with Crippen molar-refractivity contribution >= 4 is 11.8 Å². The van der Waals surface area contributed by atoms with Crippen molar-refractivity contribution in [3.63, 3.8) is 0 Å². The van der Waals surface area contributed by atoms with Crippen LogP contribution in [0.25, 0.3) is 0 Å². The first-order valence-electron chi connectivity index (χ1n) is 7.00. The molecule has 1 fully saturated rings. The first-order chi connectivity index (χ1) is 9.38. The summed E-state index contributed by atoms with van der Waals surface area (Å²) in [5.41, 5.74) is 0.814. The lowest BCUT2D eigenvalue weighted by Crippen LogP contribution is -2.58. The summed E-state index contributed by atoms with van der Waals surface area (Å²) in [6.45, 7) is 7.49. The molecule has 0 aliphatic carbocycles. The fraction of sp³-hybridized carbons (Fsp3) is 0.500. The predicted molar refractivity (Wildman–Crippen MR) is 78.2 cm³/mol. The average molecular weight is 274 g/mol. The zero-order valence-corrected chi connectivity index (χ0v) is 12.4. The number of benzene rings is 1. The molecule has 0 atom stereocenters. The van der Waals surface area contributed by atoms with Crippen LogP contribution in [-0.2, 0) is 16.0 Å². The van der Waals surface area contributed by atoms with E-state index in [1.807, 2.05) is 56.0 Å². The van der Waals surface area contributed by atoms with E-state index in [4.69, 9.17) is 0 Å². The zero-order chi connectivity index (χ0) is 14.8. The van der Waals surface area contributed by atoms with E-state index in [0.717, 1.165) is 5.56 Å². The number of carbonyl (C=O) groups excluding carboxylic acids is 2. The molecule has 1 saturated heterocycles. The van der Waals surface area contributed by atoms with Gasteiger partial charge in [0.25, 0.3) is 0 Å². The van der Waals surface area contributed by atoms with Gasteiger partial charge >= 0.3 is 0 Å². The van der Waals surface area contributed by atoms with Crippen molar-refractivity contribution in [3.8, 4) is 0 Å². The smallest absolute Gasteiger partial charge is 0.242 e. The second kappa shape index (κ2) is 5.65. The molecule has 1 aliphatic rings. The third-order valence-corrected chi connectivity index (χ3v) is 3.58. The summed E-state index contributed by atoms with van der Waals surface area (Å²) in [5.74, 6) is 0.0586. The zero-order valence-electron chi connectivity index (χ0n) is 12.4. The first kappa shape index (κ1) is 14.6. The largest absolute Gasteiger partial charge is 0.335 e. The van der Waals surface area contributed by atoms with Gasteiger partial charge in [-0.2, -0.15) is 0 Å². The molecule has 108 valence electrons. The van der Waals surface area contributed by atoms with Crippen LogP contribution in [0.2, 0.25) is 0 Å². The van der Waals surface area contributed by atoms with Crippen molar-refractivity contribution in [2.45, 2.75) is 32.7 Å². The Morgan fingerprint density at radius 3 is 2.35 bits per heavy atom. The van der Waals surface area contributed by atoms with Crippen molar-refractivity contribution in [2.24, 2.45) is 0 Å². The van der Waals surface area contributed by atoms with Crippen LogP contribution in [0.1, 0.15) is 26.3 Å². The molecule has 0 N–H and O–H groups in total. The van der Waals surface area contributed by atoms with Crippen LogP contribution < -0.4 is 0 Å². The van der Waals surface area contributed by atoms with Gasteiger partial charge in [-0.1, -0.05) is 30.3 Å². The highest BCUT2D eigenvalue weighted by Crippen LogP contribution is 2.17. The summed E-state index contributed by atoms with van der Waals surface area (Å²) in [7, 11) is 0. The Morgan fingerprint density at radius 2 is 1.80 bits per heavy atom. The van der Waals surface area contributed by atoms with Gasteiger partial charge in [-0.15, -0.1) is 0 Å². The monoisotopic (exact) mass is 274 g/mol. The molecule has 2 rings (SSSR count). The van der Waals surface area contributed by atoms with E-state index >= 15 is 0 Å². The minimum absolute atomic E-state index is 0.0260. The van der Waals surface area contributed by atoms with Crippen LogP contribution in [0.15, 0.2) is 30.3 Å². The van der Waals surface area contributed by atoms with Gasteiger partial charge in [0.1, 0.15) is 0 Å². The second-order valence-electron chi connectivity index (χ2n) is 6.19. The molecule has 1 aromatic carbocycles. The van der Waals surface area contributed by atoms with Crippen molar-refractivity contribution in [1.29, 1.82) is 0 Å². The number of hydrogen-bond donors (Lipinski definition) is 0. The van der Waals surface area contributed by atoms with E-state index in [0.29, 0.717) is 19.5 Å². The highest BCUT2D eigenvalue weighted by atomic mass is 16.2. The first-order valence-corrected chi connectivity index (χ1v) is 7.00. The van der Waals surface area contributed by atoms with Crippen molar-refractivity contribution in [3.05, 3.63) is 35.9 Å². The summed E-state index contributed by atoms with van der Waals surface area (Å²) < 4.78 is 0. The topological polar surface area (TPSA) is 40.6 Å². The Balaban J connectivity index is 1.96. The van der Waals surface area contributed by atoms with Crippen molar-refractivity contribution in [1.82, 2.24) is 9.80 Å². The van der Waals surface area contributed by atoms with E-state index < -0.39 is 0 Å². The maximum Gasteiger partial charge on any atom is 0.242 e. The Bertz CT molecular complexity index is 491. The summed E-state index contributed by atoms with van der Waals surface area (Å²) in [6.07, 6.45) is 0.365. The third-order valence-electron chi connectivity index (χ3n) is 3.58.